The van der Waals surface area contributed by atoms with E-state index in [1.54, 1.807) is 0 Å². The number of anilines is 1. The van der Waals surface area contributed by atoms with Gasteiger partial charge in [-0.25, -0.2) is 12.8 Å². The van der Waals surface area contributed by atoms with Crippen molar-refractivity contribution in [1.82, 2.24) is 0 Å². The van der Waals surface area contributed by atoms with E-state index in [0.29, 0.717) is 0 Å². The molecule has 0 amide bonds. The third-order valence-corrected chi connectivity index (χ3v) is 3.47. The first-order valence-electron chi connectivity index (χ1n) is 3.75. The Morgan fingerprint density at radius 1 is 1.46 bits per heavy atom. The molecular formula is C8H10FNO2S. The van der Waals surface area contributed by atoms with Crippen LogP contribution in [0.5, 0.6) is 0 Å². The number of hydrogen-bond donors (Lipinski definition) is 1. The minimum Gasteiger partial charge on any atom is -0.398 e. The normalized spacial score (nSPS) is 11.5. The Hall–Kier alpha value is -1.10. The number of halogens is 1. The van der Waals surface area contributed by atoms with E-state index in [4.69, 9.17) is 5.73 Å². The maximum atomic E-state index is 12.7. The number of sulfone groups is 1. The van der Waals surface area contributed by atoms with E-state index in [1.165, 1.54) is 13.0 Å². The predicted octanol–water partition coefficient (Wildman–Crippen LogP) is 1.20. The third kappa shape index (κ3) is 1.98. The van der Waals surface area contributed by atoms with E-state index < -0.39 is 15.7 Å². The molecule has 0 bridgehead atoms. The zero-order valence-corrected chi connectivity index (χ0v) is 7.94. The van der Waals surface area contributed by atoms with Crippen LogP contribution in [0.1, 0.15) is 6.92 Å². The lowest BCUT2D eigenvalue weighted by Crippen LogP contribution is -2.07. The molecule has 0 atom stereocenters. The number of rotatable bonds is 2. The highest BCUT2D eigenvalue weighted by atomic mass is 32.2. The number of nitrogen functional groups attached to an aromatic ring is 1. The highest BCUT2D eigenvalue weighted by molar-refractivity contribution is 7.91. The molecule has 0 aliphatic heterocycles. The van der Waals surface area contributed by atoms with E-state index in [9.17, 15) is 12.8 Å². The Kier molecular flexibility index (Phi) is 2.56. The van der Waals surface area contributed by atoms with Gasteiger partial charge < -0.3 is 5.73 Å². The summed E-state index contributed by atoms with van der Waals surface area (Å²) in [6, 6.07) is 3.32. The van der Waals surface area contributed by atoms with E-state index in [0.717, 1.165) is 12.1 Å². The first-order valence-corrected chi connectivity index (χ1v) is 5.40. The second kappa shape index (κ2) is 3.33. The summed E-state index contributed by atoms with van der Waals surface area (Å²) in [6.07, 6.45) is 0. The average Bonchev–Trinajstić information content (AvgIpc) is 2.09. The molecule has 1 aromatic carbocycles. The maximum absolute atomic E-state index is 12.7. The van der Waals surface area contributed by atoms with Crippen molar-refractivity contribution in [1.29, 1.82) is 0 Å². The van der Waals surface area contributed by atoms with Gasteiger partial charge in [-0.15, -0.1) is 0 Å². The number of hydrogen-bond acceptors (Lipinski definition) is 3. The van der Waals surface area contributed by atoms with Crippen LogP contribution in [0.25, 0.3) is 0 Å². The second-order valence-electron chi connectivity index (χ2n) is 2.59. The van der Waals surface area contributed by atoms with Gasteiger partial charge in [-0.1, -0.05) is 6.92 Å². The molecule has 0 spiro atoms. The van der Waals surface area contributed by atoms with Gasteiger partial charge in [0.2, 0.25) is 0 Å². The molecule has 0 unspecified atom stereocenters. The van der Waals surface area contributed by atoms with Crippen molar-refractivity contribution in [2.45, 2.75) is 11.8 Å². The van der Waals surface area contributed by atoms with Crippen LogP contribution in [0.2, 0.25) is 0 Å². The van der Waals surface area contributed by atoms with Crippen LogP contribution >= 0.6 is 0 Å². The van der Waals surface area contributed by atoms with Crippen LogP contribution in [-0.4, -0.2) is 14.2 Å². The Morgan fingerprint density at radius 2 is 2.08 bits per heavy atom. The third-order valence-electron chi connectivity index (χ3n) is 1.69. The van der Waals surface area contributed by atoms with Gasteiger partial charge in [0.25, 0.3) is 0 Å². The van der Waals surface area contributed by atoms with Crippen molar-refractivity contribution in [2.24, 2.45) is 0 Å². The van der Waals surface area contributed by atoms with E-state index in [2.05, 4.69) is 0 Å². The van der Waals surface area contributed by atoms with Gasteiger partial charge >= 0.3 is 0 Å². The van der Waals surface area contributed by atoms with Gasteiger partial charge in [0.1, 0.15) is 5.82 Å². The van der Waals surface area contributed by atoms with Gasteiger partial charge in [0.05, 0.1) is 16.3 Å². The molecule has 72 valence electrons. The quantitative estimate of drug-likeness (QED) is 0.735. The number of nitrogens with two attached hydrogens (primary N) is 1. The molecule has 1 rings (SSSR count). The Balaban J connectivity index is 3.38. The molecule has 0 fully saturated rings. The molecule has 2 N–H and O–H groups in total. The Labute approximate surface area is 76.3 Å². The molecule has 0 aliphatic rings. The lowest BCUT2D eigenvalue weighted by molar-refractivity contribution is 0.592. The topological polar surface area (TPSA) is 60.2 Å². The second-order valence-corrected chi connectivity index (χ2v) is 4.83. The van der Waals surface area contributed by atoms with Crippen LogP contribution in [0.3, 0.4) is 0 Å². The molecule has 1 aromatic rings. The minimum absolute atomic E-state index is 0.0827. The summed E-state index contributed by atoms with van der Waals surface area (Å²) < 4.78 is 35.3. The summed E-state index contributed by atoms with van der Waals surface area (Å²) in [4.78, 5) is -0.130. The van der Waals surface area contributed by atoms with Gasteiger partial charge in [0, 0.05) is 0 Å². The first kappa shape index (κ1) is 9.98. The van der Waals surface area contributed by atoms with Crippen LogP contribution in [-0.2, 0) is 9.84 Å². The molecule has 0 saturated heterocycles. The summed E-state index contributed by atoms with van der Waals surface area (Å²) in [5.41, 5.74) is 5.49. The number of benzene rings is 1. The molecule has 3 nitrogen and oxygen atoms in total. The van der Waals surface area contributed by atoms with Crippen molar-refractivity contribution in [3.8, 4) is 0 Å². The van der Waals surface area contributed by atoms with Crippen LogP contribution in [0, 0.1) is 5.82 Å². The zero-order chi connectivity index (χ0) is 10.1. The average molecular weight is 203 g/mol. The molecule has 0 radical (unpaired) electrons. The van der Waals surface area contributed by atoms with E-state index in [1.807, 2.05) is 0 Å². The zero-order valence-electron chi connectivity index (χ0n) is 7.12. The summed E-state index contributed by atoms with van der Waals surface area (Å²) >= 11 is 0. The fourth-order valence-electron chi connectivity index (χ4n) is 0.933. The van der Waals surface area contributed by atoms with Gasteiger partial charge in [-0.2, -0.15) is 0 Å². The van der Waals surface area contributed by atoms with E-state index in [-0.39, 0.29) is 16.3 Å². The highest BCUT2D eigenvalue weighted by Crippen LogP contribution is 2.20. The monoisotopic (exact) mass is 203 g/mol. The SMILES string of the molecule is CCS(=O)(=O)c1cc(F)ccc1N. The highest BCUT2D eigenvalue weighted by Gasteiger charge is 2.15. The summed E-state index contributed by atoms with van der Waals surface area (Å²) in [5.74, 6) is -0.679. The van der Waals surface area contributed by atoms with Gasteiger partial charge in [0.15, 0.2) is 9.84 Å². The molecule has 5 heteroatoms. The summed E-state index contributed by atoms with van der Waals surface area (Å²) in [6.45, 7) is 1.49. The fourth-order valence-corrected chi connectivity index (χ4v) is 1.96. The molecule has 13 heavy (non-hydrogen) atoms. The standard InChI is InChI=1S/C8H10FNO2S/c1-2-13(11,12)8-5-6(9)3-4-7(8)10/h3-5H,2,10H2,1H3. The summed E-state index contributed by atoms with van der Waals surface area (Å²) in [7, 11) is -3.42. The Morgan fingerprint density at radius 3 is 2.62 bits per heavy atom. The van der Waals surface area contributed by atoms with Crippen molar-refractivity contribution >= 4 is 15.5 Å². The van der Waals surface area contributed by atoms with Crippen molar-refractivity contribution in [3.63, 3.8) is 0 Å². The Bertz CT molecular complexity index is 414. The van der Waals surface area contributed by atoms with E-state index >= 15 is 0 Å². The van der Waals surface area contributed by atoms with Gasteiger partial charge in [-0.3, -0.25) is 0 Å². The van der Waals surface area contributed by atoms with Gasteiger partial charge in [-0.05, 0) is 18.2 Å². The molecule has 0 aliphatic carbocycles. The molecular weight excluding hydrogens is 193 g/mol. The maximum Gasteiger partial charge on any atom is 0.180 e. The predicted molar refractivity (Wildman–Crippen MR) is 48.5 cm³/mol. The summed E-state index contributed by atoms with van der Waals surface area (Å²) in [5, 5.41) is 0. The largest absolute Gasteiger partial charge is 0.398 e. The van der Waals surface area contributed by atoms with Crippen LogP contribution in [0.15, 0.2) is 23.1 Å². The van der Waals surface area contributed by atoms with Crippen molar-refractivity contribution in [2.75, 3.05) is 11.5 Å². The smallest absolute Gasteiger partial charge is 0.180 e. The molecule has 0 heterocycles. The lowest BCUT2D eigenvalue weighted by atomic mass is 10.3. The lowest BCUT2D eigenvalue weighted by Gasteiger charge is -2.04. The minimum atomic E-state index is -3.42. The molecule has 0 aromatic heterocycles. The fraction of sp³-hybridized carbons (Fsp3) is 0.250. The first-order chi connectivity index (χ1) is 5.97. The van der Waals surface area contributed by atoms with Crippen LogP contribution in [0.4, 0.5) is 10.1 Å². The van der Waals surface area contributed by atoms with Crippen molar-refractivity contribution < 1.29 is 12.8 Å². The van der Waals surface area contributed by atoms with Crippen LogP contribution < -0.4 is 5.73 Å². The van der Waals surface area contributed by atoms with Crippen molar-refractivity contribution in [3.05, 3.63) is 24.0 Å². The molecule has 0 saturated carbocycles.